The Morgan fingerprint density at radius 2 is 1.96 bits per heavy atom. The summed E-state index contributed by atoms with van der Waals surface area (Å²) in [6.07, 6.45) is 1.53. The number of hydrogen-bond acceptors (Lipinski definition) is 5. The second-order valence-corrected chi connectivity index (χ2v) is 6.61. The maximum atomic E-state index is 13.7. The second-order valence-electron chi connectivity index (χ2n) is 5.77. The fraction of sp³-hybridized carbons (Fsp3) is 0.0500. The molecule has 6 nitrogen and oxygen atoms in total. The molecular formula is C20H14FN5OS. The van der Waals surface area contributed by atoms with Gasteiger partial charge in [0, 0.05) is 6.20 Å². The quantitative estimate of drug-likeness (QED) is 0.639. The molecule has 4 rings (SSSR count). The van der Waals surface area contributed by atoms with Gasteiger partial charge in [0.1, 0.15) is 17.6 Å². The first-order valence-corrected chi connectivity index (χ1v) is 9.20. The number of ether oxygens (including phenoxy) is 1. The number of halogens is 1. The number of anilines is 1. The highest BCUT2D eigenvalue weighted by Crippen LogP contribution is 2.39. The topological polar surface area (TPSA) is 82.3 Å². The van der Waals surface area contributed by atoms with E-state index in [1.807, 2.05) is 24.3 Å². The van der Waals surface area contributed by atoms with Crippen molar-refractivity contribution >= 4 is 23.6 Å². The van der Waals surface area contributed by atoms with Crippen LogP contribution in [0.5, 0.6) is 11.5 Å². The van der Waals surface area contributed by atoms with Gasteiger partial charge >= 0.3 is 0 Å². The molecule has 0 radical (unpaired) electrons. The van der Waals surface area contributed by atoms with E-state index in [1.165, 1.54) is 30.3 Å². The molecular weight excluding hydrogens is 377 g/mol. The molecule has 0 bridgehead atoms. The molecule has 3 aromatic rings. The number of nitrogens with zero attached hydrogens (tertiary/aromatic N) is 3. The number of nitriles is 1. The van der Waals surface area contributed by atoms with Crippen molar-refractivity contribution in [2.45, 2.75) is 11.4 Å². The summed E-state index contributed by atoms with van der Waals surface area (Å²) in [5, 5.41) is 12.4. The number of guanidine groups is 1. The van der Waals surface area contributed by atoms with Crippen molar-refractivity contribution in [3.63, 3.8) is 0 Å². The molecule has 0 aliphatic carbocycles. The fourth-order valence-corrected chi connectivity index (χ4v) is 3.30. The number of benzene rings is 2. The van der Waals surface area contributed by atoms with Gasteiger partial charge in [0.2, 0.25) is 5.96 Å². The van der Waals surface area contributed by atoms with Crippen molar-refractivity contribution in [2.24, 2.45) is 4.99 Å². The molecule has 0 amide bonds. The van der Waals surface area contributed by atoms with Gasteiger partial charge in [-0.05, 0) is 48.3 Å². The minimum atomic E-state index is -0.396. The second kappa shape index (κ2) is 7.98. The van der Waals surface area contributed by atoms with Crippen LogP contribution in [0.1, 0.15) is 11.3 Å². The fourth-order valence-electron chi connectivity index (χ4n) is 2.58. The maximum Gasteiger partial charge on any atom is 0.206 e. The lowest BCUT2D eigenvalue weighted by atomic mass is 10.2. The third-order valence-corrected chi connectivity index (χ3v) is 4.79. The van der Waals surface area contributed by atoms with Gasteiger partial charge in [0.15, 0.2) is 5.75 Å². The number of aromatic nitrogens is 1. The standard InChI is InChI=1S/C20H14FN5OS/c21-14-6-4-10-23-15(14)12-24-20-25-19-17(8-3-9-18(19)28-26-20)27-16-7-2-1-5-13(16)11-22/h1-10H,12H2,(H2,24,25,26). The first kappa shape index (κ1) is 17.8. The molecule has 138 valence electrons. The van der Waals surface area contributed by atoms with Crippen LogP contribution < -0.4 is 14.8 Å². The summed E-state index contributed by atoms with van der Waals surface area (Å²) >= 11 is 1.37. The molecule has 2 N–H and O–H groups in total. The third-order valence-electron chi connectivity index (χ3n) is 3.94. The molecule has 0 saturated heterocycles. The van der Waals surface area contributed by atoms with Crippen LogP contribution in [0.3, 0.4) is 0 Å². The Hall–Kier alpha value is -3.57. The lowest BCUT2D eigenvalue weighted by Gasteiger charge is -2.23. The number of nitrogens with one attached hydrogen (secondary N) is 2. The summed E-state index contributed by atoms with van der Waals surface area (Å²) in [5.74, 6) is 1.10. The van der Waals surface area contributed by atoms with Gasteiger partial charge in [-0.3, -0.25) is 9.71 Å². The predicted molar refractivity (Wildman–Crippen MR) is 106 cm³/mol. The van der Waals surface area contributed by atoms with E-state index in [9.17, 15) is 9.65 Å². The van der Waals surface area contributed by atoms with Crippen LogP contribution in [-0.4, -0.2) is 10.9 Å². The maximum absolute atomic E-state index is 13.7. The zero-order chi connectivity index (χ0) is 19.3. The van der Waals surface area contributed by atoms with Gasteiger partial charge in [0.25, 0.3) is 0 Å². The van der Waals surface area contributed by atoms with E-state index in [0.29, 0.717) is 23.0 Å². The minimum absolute atomic E-state index is 0.0954. The number of aliphatic imine (C=N–C) groups is 1. The Morgan fingerprint density at radius 1 is 1.11 bits per heavy atom. The molecule has 0 spiro atoms. The van der Waals surface area contributed by atoms with E-state index in [4.69, 9.17) is 4.74 Å². The van der Waals surface area contributed by atoms with Crippen LogP contribution in [0.15, 0.2) is 70.7 Å². The molecule has 28 heavy (non-hydrogen) atoms. The Labute approximate surface area is 165 Å². The van der Waals surface area contributed by atoms with E-state index in [2.05, 4.69) is 26.1 Å². The number of para-hydroxylation sites is 2. The van der Waals surface area contributed by atoms with Crippen molar-refractivity contribution in [1.82, 2.24) is 9.71 Å². The van der Waals surface area contributed by atoms with Crippen LogP contribution in [0.25, 0.3) is 0 Å². The highest BCUT2D eigenvalue weighted by molar-refractivity contribution is 7.98. The summed E-state index contributed by atoms with van der Waals surface area (Å²) in [6, 6.07) is 17.6. The molecule has 1 aliphatic rings. The van der Waals surface area contributed by atoms with E-state index in [-0.39, 0.29) is 12.2 Å². The van der Waals surface area contributed by atoms with Gasteiger partial charge in [-0.2, -0.15) is 5.26 Å². The van der Waals surface area contributed by atoms with Crippen molar-refractivity contribution in [3.05, 3.63) is 77.9 Å². The Morgan fingerprint density at radius 3 is 2.82 bits per heavy atom. The van der Waals surface area contributed by atoms with Crippen molar-refractivity contribution in [2.75, 3.05) is 5.32 Å². The van der Waals surface area contributed by atoms with Crippen LogP contribution in [0, 0.1) is 17.1 Å². The lowest BCUT2D eigenvalue weighted by Crippen LogP contribution is -2.29. The summed E-state index contributed by atoms with van der Waals surface area (Å²) in [5.41, 5.74) is 1.43. The molecule has 2 aromatic carbocycles. The molecule has 0 atom stereocenters. The van der Waals surface area contributed by atoms with Gasteiger partial charge in [-0.25, -0.2) is 9.38 Å². The van der Waals surface area contributed by atoms with Gasteiger partial charge < -0.3 is 10.1 Å². The Balaban J connectivity index is 1.59. The predicted octanol–water partition coefficient (Wildman–Crippen LogP) is 4.46. The first-order valence-electron chi connectivity index (χ1n) is 8.38. The monoisotopic (exact) mass is 391 g/mol. The van der Waals surface area contributed by atoms with E-state index < -0.39 is 5.82 Å². The molecule has 0 fully saturated rings. The molecule has 1 aromatic heterocycles. The third kappa shape index (κ3) is 3.75. The number of fused-ring (bicyclic) bond motifs is 1. The van der Waals surface area contributed by atoms with Gasteiger partial charge in [-0.1, -0.05) is 18.2 Å². The average molecular weight is 391 g/mol. The number of rotatable bonds is 4. The van der Waals surface area contributed by atoms with E-state index in [0.717, 1.165) is 10.6 Å². The van der Waals surface area contributed by atoms with Gasteiger partial charge in [0.05, 0.1) is 28.4 Å². The smallest absolute Gasteiger partial charge is 0.206 e. The van der Waals surface area contributed by atoms with Crippen molar-refractivity contribution < 1.29 is 9.13 Å². The SMILES string of the molecule is N#Cc1ccccc1Oc1cccc2c1NC(=NCc1ncccc1F)NS2. The summed E-state index contributed by atoms with van der Waals surface area (Å²) in [7, 11) is 0. The van der Waals surface area contributed by atoms with Gasteiger partial charge in [-0.15, -0.1) is 0 Å². The normalized spacial score (nSPS) is 13.8. The Bertz CT molecular complexity index is 1100. The highest BCUT2D eigenvalue weighted by atomic mass is 32.2. The molecule has 1 aliphatic heterocycles. The van der Waals surface area contributed by atoms with Crippen LogP contribution >= 0.6 is 11.9 Å². The van der Waals surface area contributed by atoms with Crippen LogP contribution in [0.2, 0.25) is 0 Å². The molecule has 8 heteroatoms. The molecule has 0 unspecified atom stereocenters. The average Bonchev–Trinajstić information content (AvgIpc) is 2.74. The minimum Gasteiger partial charge on any atom is -0.454 e. The summed E-state index contributed by atoms with van der Waals surface area (Å²) in [4.78, 5) is 9.27. The lowest BCUT2D eigenvalue weighted by molar-refractivity contribution is 0.482. The first-order chi connectivity index (χ1) is 13.7. The zero-order valence-electron chi connectivity index (χ0n) is 14.5. The zero-order valence-corrected chi connectivity index (χ0v) is 15.3. The van der Waals surface area contributed by atoms with Crippen LogP contribution in [0.4, 0.5) is 10.1 Å². The van der Waals surface area contributed by atoms with Crippen molar-refractivity contribution in [3.8, 4) is 17.6 Å². The highest BCUT2D eigenvalue weighted by Gasteiger charge is 2.19. The van der Waals surface area contributed by atoms with E-state index >= 15 is 0 Å². The molecule has 0 saturated carbocycles. The summed E-state index contributed by atoms with van der Waals surface area (Å²) in [6.45, 7) is 0.0954. The number of hydrogen-bond donors (Lipinski definition) is 2. The van der Waals surface area contributed by atoms with E-state index in [1.54, 1.807) is 18.2 Å². The Kier molecular flexibility index (Phi) is 5.08. The summed E-state index contributed by atoms with van der Waals surface area (Å²) < 4.78 is 22.8. The van der Waals surface area contributed by atoms with Crippen molar-refractivity contribution in [1.29, 1.82) is 5.26 Å². The largest absolute Gasteiger partial charge is 0.454 e. The molecule has 2 heterocycles. The number of pyridine rings is 1. The van der Waals surface area contributed by atoms with Crippen LogP contribution in [-0.2, 0) is 6.54 Å².